The SMILES string of the molecule is COc1ccc(C)cc1N1C(=O)CS[C@H]1c1ccccc1N. The van der Waals surface area contributed by atoms with Gasteiger partial charge in [0, 0.05) is 11.3 Å². The van der Waals surface area contributed by atoms with Crippen LogP contribution in [0.5, 0.6) is 5.75 Å². The molecule has 1 saturated heterocycles. The average molecular weight is 314 g/mol. The number of methoxy groups -OCH3 is 1. The third kappa shape index (κ3) is 2.52. The van der Waals surface area contributed by atoms with E-state index >= 15 is 0 Å². The number of nitrogens with zero attached hydrogens (tertiary/aromatic N) is 1. The summed E-state index contributed by atoms with van der Waals surface area (Å²) in [6.07, 6.45) is 0. The zero-order valence-electron chi connectivity index (χ0n) is 12.6. The largest absolute Gasteiger partial charge is 0.495 e. The van der Waals surface area contributed by atoms with Gasteiger partial charge in [-0.3, -0.25) is 9.69 Å². The molecule has 4 nitrogen and oxygen atoms in total. The number of carbonyl (C=O) groups is 1. The number of nitrogen functional groups attached to an aromatic ring is 1. The van der Waals surface area contributed by atoms with Crippen LogP contribution in [0.4, 0.5) is 11.4 Å². The molecule has 0 aliphatic carbocycles. The molecule has 0 aromatic heterocycles. The van der Waals surface area contributed by atoms with Crippen LogP contribution in [-0.4, -0.2) is 18.8 Å². The predicted octanol–water partition coefficient (Wildman–Crippen LogP) is 3.36. The number of rotatable bonds is 3. The van der Waals surface area contributed by atoms with E-state index in [-0.39, 0.29) is 11.3 Å². The van der Waals surface area contributed by atoms with Crippen LogP contribution < -0.4 is 15.4 Å². The van der Waals surface area contributed by atoms with Gasteiger partial charge < -0.3 is 10.5 Å². The molecule has 1 amide bonds. The number of anilines is 2. The van der Waals surface area contributed by atoms with Crippen LogP contribution in [0.15, 0.2) is 42.5 Å². The smallest absolute Gasteiger partial charge is 0.238 e. The zero-order chi connectivity index (χ0) is 15.7. The van der Waals surface area contributed by atoms with Crippen LogP contribution >= 0.6 is 11.8 Å². The molecule has 1 aliphatic heterocycles. The van der Waals surface area contributed by atoms with Crippen LogP contribution in [0.25, 0.3) is 0 Å². The van der Waals surface area contributed by atoms with Gasteiger partial charge in [0.25, 0.3) is 0 Å². The Morgan fingerprint density at radius 1 is 1.27 bits per heavy atom. The molecule has 1 fully saturated rings. The number of hydrogen-bond donors (Lipinski definition) is 1. The molecule has 114 valence electrons. The van der Waals surface area contributed by atoms with Gasteiger partial charge >= 0.3 is 0 Å². The summed E-state index contributed by atoms with van der Waals surface area (Å²) in [7, 11) is 1.62. The third-order valence-electron chi connectivity index (χ3n) is 3.72. The molecule has 2 aromatic carbocycles. The Morgan fingerprint density at radius 3 is 2.77 bits per heavy atom. The van der Waals surface area contributed by atoms with Gasteiger partial charge in [0.15, 0.2) is 0 Å². The van der Waals surface area contributed by atoms with Crippen molar-refractivity contribution in [1.29, 1.82) is 0 Å². The number of nitrogens with two attached hydrogens (primary N) is 1. The highest BCUT2D eigenvalue weighted by atomic mass is 32.2. The zero-order valence-corrected chi connectivity index (χ0v) is 13.4. The van der Waals surface area contributed by atoms with Crippen molar-refractivity contribution in [2.75, 3.05) is 23.5 Å². The minimum Gasteiger partial charge on any atom is -0.495 e. The maximum Gasteiger partial charge on any atom is 0.238 e. The summed E-state index contributed by atoms with van der Waals surface area (Å²) in [5, 5.41) is -0.121. The first-order chi connectivity index (χ1) is 10.6. The predicted molar refractivity (Wildman–Crippen MR) is 91.3 cm³/mol. The Balaban J connectivity index is 2.09. The van der Waals surface area contributed by atoms with Gasteiger partial charge in [-0.1, -0.05) is 24.3 Å². The van der Waals surface area contributed by atoms with E-state index in [1.54, 1.807) is 23.8 Å². The van der Waals surface area contributed by atoms with Gasteiger partial charge in [0.05, 0.1) is 18.6 Å². The second-order valence-electron chi connectivity index (χ2n) is 5.23. The fourth-order valence-corrected chi connectivity index (χ4v) is 3.85. The van der Waals surface area contributed by atoms with Crippen molar-refractivity contribution in [2.24, 2.45) is 0 Å². The minimum absolute atomic E-state index is 0.0714. The number of thioether (sulfide) groups is 1. The van der Waals surface area contributed by atoms with Crippen LogP contribution in [0.2, 0.25) is 0 Å². The van der Waals surface area contributed by atoms with Crippen LogP contribution in [0.3, 0.4) is 0 Å². The van der Waals surface area contributed by atoms with E-state index in [1.165, 1.54) is 0 Å². The van der Waals surface area contributed by atoms with Crippen molar-refractivity contribution in [1.82, 2.24) is 0 Å². The van der Waals surface area contributed by atoms with Gasteiger partial charge in [0.2, 0.25) is 5.91 Å². The summed E-state index contributed by atoms with van der Waals surface area (Å²) in [6, 6.07) is 13.5. The van der Waals surface area contributed by atoms with Gasteiger partial charge in [-0.2, -0.15) is 0 Å². The molecular weight excluding hydrogens is 296 g/mol. The van der Waals surface area contributed by atoms with E-state index in [0.717, 1.165) is 16.8 Å². The summed E-state index contributed by atoms with van der Waals surface area (Å²) in [4.78, 5) is 14.3. The number of benzene rings is 2. The van der Waals surface area contributed by atoms with Crippen molar-refractivity contribution in [3.05, 3.63) is 53.6 Å². The number of carbonyl (C=O) groups excluding carboxylic acids is 1. The number of aryl methyl sites for hydroxylation is 1. The molecule has 22 heavy (non-hydrogen) atoms. The fraction of sp³-hybridized carbons (Fsp3) is 0.235. The first-order valence-electron chi connectivity index (χ1n) is 7.04. The molecule has 1 atom stereocenters. The highest BCUT2D eigenvalue weighted by Crippen LogP contribution is 2.46. The molecule has 0 unspecified atom stereocenters. The Bertz CT molecular complexity index is 718. The van der Waals surface area contributed by atoms with E-state index in [0.29, 0.717) is 17.2 Å². The van der Waals surface area contributed by atoms with E-state index in [2.05, 4.69) is 0 Å². The number of ether oxygens (including phenoxy) is 1. The molecule has 1 heterocycles. The lowest BCUT2D eigenvalue weighted by Crippen LogP contribution is -2.28. The molecular formula is C17H18N2O2S. The van der Waals surface area contributed by atoms with Crippen LogP contribution in [-0.2, 0) is 4.79 Å². The molecule has 0 spiro atoms. The lowest BCUT2D eigenvalue weighted by molar-refractivity contribution is -0.115. The minimum atomic E-state index is -0.121. The van der Waals surface area contributed by atoms with Crippen molar-refractivity contribution >= 4 is 29.0 Å². The average Bonchev–Trinajstić information content (AvgIpc) is 2.89. The van der Waals surface area contributed by atoms with Gasteiger partial charge in [-0.25, -0.2) is 0 Å². The van der Waals surface area contributed by atoms with Gasteiger partial charge in [-0.15, -0.1) is 11.8 Å². The highest BCUT2D eigenvalue weighted by Gasteiger charge is 2.36. The lowest BCUT2D eigenvalue weighted by Gasteiger charge is -2.27. The molecule has 2 N–H and O–H groups in total. The first-order valence-corrected chi connectivity index (χ1v) is 8.09. The Hall–Kier alpha value is -2.14. The molecule has 0 radical (unpaired) electrons. The van der Waals surface area contributed by atoms with Crippen molar-refractivity contribution in [3.63, 3.8) is 0 Å². The van der Waals surface area contributed by atoms with E-state index < -0.39 is 0 Å². The molecule has 5 heteroatoms. The number of para-hydroxylation sites is 1. The summed E-state index contributed by atoms with van der Waals surface area (Å²) >= 11 is 1.59. The number of amides is 1. The summed E-state index contributed by atoms with van der Waals surface area (Å²) < 4.78 is 5.44. The van der Waals surface area contributed by atoms with Crippen LogP contribution in [0.1, 0.15) is 16.5 Å². The quantitative estimate of drug-likeness (QED) is 0.883. The standard InChI is InChI=1S/C17H18N2O2S/c1-11-7-8-15(21-2)14(9-11)19-16(20)10-22-17(19)12-5-3-4-6-13(12)18/h3-9,17H,10,18H2,1-2H3/t17-/m0/s1. The molecule has 0 bridgehead atoms. The van der Waals surface area contributed by atoms with Crippen LogP contribution in [0, 0.1) is 6.92 Å². The van der Waals surface area contributed by atoms with E-state index in [9.17, 15) is 4.79 Å². The maximum absolute atomic E-state index is 12.5. The van der Waals surface area contributed by atoms with Crippen molar-refractivity contribution in [3.8, 4) is 5.75 Å². The second kappa shape index (κ2) is 5.93. The maximum atomic E-state index is 12.5. The Kier molecular flexibility index (Phi) is 3.98. The number of hydrogen-bond acceptors (Lipinski definition) is 4. The third-order valence-corrected chi connectivity index (χ3v) is 4.92. The monoisotopic (exact) mass is 314 g/mol. The molecule has 1 aliphatic rings. The molecule has 3 rings (SSSR count). The summed E-state index contributed by atoms with van der Waals surface area (Å²) in [5.41, 5.74) is 9.65. The van der Waals surface area contributed by atoms with Crippen molar-refractivity contribution < 1.29 is 9.53 Å². The van der Waals surface area contributed by atoms with Gasteiger partial charge in [0.1, 0.15) is 11.1 Å². The molecule has 0 saturated carbocycles. The Morgan fingerprint density at radius 2 is 2.05 bits per heavy atom. The second-order valence-corrected chi connectivity index (χ2v) is 6.30. The van der Waals surface area contributed by atoms with Gasteiger partial charge in [-0.05, 0) is 30.7 Å². The summed E-state index contributed by atoms with van der Waals surface area (Å²) in [6.45, 7) is 2.00. The fourth-order valence-electron chi connectivity index (χ4n) is 2.64. The topological polar surface area (TPSA) is 55.6 Å². The normalized spacial score (nSPS) is 17.8. The summed E-state index contributed by atoms with van der Waals surface area (Å²) in [5.74, 6) is 1.21. The first kappa shape index (κ1) is 14.8. The van der Waals surface area contributed by atoms with E-state index in [1.807, 2.05) is 49.4 Å². The van der Waals surface area contributed by atoms with Crippen molar-refractivity contribution in [2.45, 2.75) is 12.3 Å². The Labute approximate surface area is 134 Å². The van der Waals surface area contributed by atoms with E-state index in [4.69, 9.17) is 10.5 Å². The molecule has 2 aromatic rings. The lowest BCUT2D eigenvalue weighted by atomic mass is 10.1. The highest BCUT2D eigenvalue weighted by molar-refractivity contribution is 8.00.